The molecule has 1 aliphatic rings. The molecule has 1 unspecified atom stereocenters. The molecule has 0 aromatic heterocycles. The first kappa shape index (κ1) is 13.0. The van der Waals surface area contributed by atoms with Crippen molar-refractivity contribution >= 4 is 10.0 Å². The first-order valence-electron chi connectivity index (χ1n) is 5.64. The van der Waals surface area contributed by atoms with Crippen LogP contribution in [-0.4, -0.2) is 37.0 Å². The molecule has 0 aliphatic carbocycles. The average molecular weight is 266 g/mol. The molecule has 0 bridgehead atoms. The smallest absolute Gasteiger partial charge is 0.243 e. The maximum atomic E-state index is 12.4. The average Bonchev–Trinajstić information content (AvgIpc) is 2.77. The molecular formula is C12H14N2O3S. The zero-order chi connectivity index (χ0) is 13.3. The summed E-state index contributed by atoms with van der Waals surface area (Å²) in [6, 6.07) is 6.53. The van der Waals surface area contributed by atoms with Crippen molar-refractivity contribution < 1.29 is 13.5 Å². The molecule has 1 heterocycles. The Bertz CT molecular complexity index is 604. The predicted octanol–water partition coefficient (Wildman–Crippen LogP) is 0.622. The van der Waals surface area contributed by atoms with Crippen LogP contribution in [0.5, 0.6) is 0 Å². The Morgan fingerprint density at radius 2 is 2.22 bits per heavy atom. The summed E-state index contributed by atoms with van der Waals surface area (Å²) in [7, 11) is -3.61. The van der Waals surface area contributed by atoms with Gasteiger partial charge in [-0.25, -0.2) is 8.42 Å². The van der Waals surface area contributed by atoms with Gasteiger partial charge >= 0.3 is 0 Å². The second-order valence-corrected chi connectivity index (χ2v) is 6.30. The lowest BCUT2D eigenvalue weighted by atomic mass is 10.2. The molecule has 5 nitrogen and oxygen atoms in total. The molecule has 2 rings (SSSR count). The number of rotatable bonds is 2. The van der Waals surface area contributed by atoms with Crippen molar-refractivity contribution in [2.75, 3.05) is 13.1 Å². The molecule has 1 saturated heterocycles. The number of β-amino-alcohol motifs (C(OH)–C–C–N with tert-alkyl or cyclic N) is 1. The van der Waals surface area contributed by atoms with Crippen LogP contribution >= 0.6 is 0 Å². The molecule has 1 aromatic rings. The Balaban J connectivity index is 2.45. The van der Waals surface area contributed by atoms with Gasteiger partial charge in [-0.15, -0.1) is 0 Å². The molecule has 6 heteroatoms. The molecule has 0 spiro atoms. The second-order valence-electron chi connectivity index (χ2n) is 4.40. The van der Waals surface area contributed by atoms with Crippen LogP contribution in [0.1, 0.15) is 17.5 Å². The zero-order valence-electron chi connectivity index (χ0n) is 10.00. The Morgan fingerprint density at radius 3 is 2.78 bits per heavy atom. The number of benzene rings is 1. The number of aryl methyl sites for hydroxylation is 1. The van der Waals surface area contributed by atoms with Gasteiger partial charge in [0.05, 0.1) is 22.6 Å². The lowest BCUT2D eigenvalue weighted by molar-refractivity contribution is 0.189. The van der Waals surface area contributed by atoms with Gasteiger partial charge in [0.15, 0.2) is 0 Å². The number of hydrogen-bond donors (Lipinski definition) is 1. The van der Waals surface area contributed by atoms with E-state index in [1.165, 1.54) is 10.4 Å². The van der Waals surface area contributed by atoms with E-state index in [0.29, 0.717) is 24.1 Å². The maximum absolute atomic E-state index is 12.4. The second kappa shape index (κ2) is 4.69. The number of aliphatic hydroxyl groups excluding tert-OH is 1. The van der Waals surface area contributed by atoms with Crippen LogP contribution in [0.2, 0.25) is 0 Å². The van der Waals surface area contributed by atoms with Gasteiger partial charge in [-0.3, -0.25) is 0 Å². The molecule has 96 valence electrons. The van der Waals surface area contributed by atoms with Gasteiger partial charge in [0.1, 0.15) is 0 Å². The summed E-state index contributed by atoms with van der Waals surface area (Å²) in [5, 5.41) is 18.2. The normalized spacial score (nSPS) is 20.8. The quantitative estimate of drug-likeness (QED) is 0.851. The highest BCUT2D eigenvalue weighted by atomic mass is 32.2. The summed E-state index contributed by atoms with van der Waals surface area (Å²) < 4.78 is 26.0. The van der Waals surface area contributed by atoms with Crippen molar-refractivity contribution in [3.05, 3.63) is 29.3 Å². The molecule has 1 aromatic carbocycles. The van der Waals surface area contributed by atoms with Crippen LogP contribution in [-0.2, 0) is 10.0 Å². The van der Waals surface area contributed by atoms with Gasteiger partial charge in [-0.2, -0.15) is 9.57 Å². The van der Waals surface area contributed by atoms with E-state index in [4.69, 9.17) is 5.26 Å². The van der Waals surface area contributed by atoms with E-state index in [2.05, 4.69) is 0 Å². The van der Waals surface area contributed by atoms with Crippen LogP contribution in [0.3, 0.4) is 0 Å². The highest BCUT2D eigenvalue weighted by molar-refractivity contribution is 7.89. The lowest BCUT2D eigenvalue weighted by Crippen LogP contribution is -2.30. The number of nitrogens with zero attached hydrogens (tertiary/aromatic N) is 2. The third kappa shape index (κ3) is 2.25. The van der Waals surface area contributed by atoms with Crippen LogP contribution < -0.4 is 0 Å². The summed E-state index contributed by atoms with van der Waals surface area (Å²) in [5.74, 6) is 0. The lowest BCUT2D eigenvalue weighted by Gasteiger charge is -2.17. The van der Waals surface area contributed by atoms with Gasteiger partial charge in [0.25, 0.3) is 0 Å². The molecule has 1 fully saturated rings. The third-order valence-corrected chi connectivity index (χ3v) is 5.07. The van der Waals surface area contributed by atoms with Gasteiger partial charge < -0.3 is 5.11 Å². The van der Waals surface area contributed by atoms with E-state index in [-0.39, 0.29) is 11.4 Å². The fourth-order valence-electron chi connectivity index (χ4n) is 2.02. The van der Waals surface area contributed by atoms with Gasteiger partial charge in [0.2, 0.25) is 10.0 Å². The third-order valence-electron chi connectivity index (χ3n) is 3.06. The SMILES string of the molecule is Cc1ccc(C#N)cc1S(=O)(=O)N1CCC(O)C1. The van der Waals surface area contributed by atoms with Crippen molar-refractivity contribution in [3.8, 4) is 6.07 Å². The Labute approximate surface area is 106 Å². The van der Waals surface area contributed by atoms with Gasteiger partial charge in [0, 0.05) is 13.1 Å². The predicted molar refractivity (Wildman–Crippen MR) is 65.3 cm³/mol. The number of sulfonamides is 1. The standard InChI is InChI=1S/C12H14N2O3S/c1-9-2-3-10(7-13)6-12(9)18(16,17)14-5-4-11(15)8-14/h2-3,6,11,15H,4-5,8H2,1H3. The zero-order valence-corrected chi connectivity index (χ0v) is 10.8. The van der Waals surface area contributed by atoms with Crippen molar-refractivity contribution in [3.63, 3.8) is 0 Å². The maximum Gasteiger partial charge on any atom is 0.243 e. The number of hydrogen-bond acceptors (Lipinski definition) is 4. The molecule has 0 amide bonds. The van der Waals surface area contributed by atoms with E-state index < -0.39 is 16.1 Å². The van der Waals surface area contributed by atoms with Crippen LogP contribution in [0.25, 0.3) is 0 Å². The summed E-state index contributed by atoms with van der Waals surface area (Å²) in [5.41, 5.74) is 0.925. The molecule has 1 atom stereocenters. The summed E-state index contributed by atoms with van der Waals surface area (Å²) >= 11 is 0. The topological polar surface area (TPSA) is 81.4 Å². The monoisotopic (exact) mass is 266 g/mol. The highest BCUT2D eigenvalue weighted by Crippen LogP contribution is 2.24. The minimum Gasteiger partial charge on any atom is -0.392 e. The largest absolute Gasteiger partial charge is 0.392 e. The molecule has 1 aliphatic heterocycles. The fraction of sp³-hybridized carbons (Fsp3) is 0.417. The highest BCUT2D eigenvalue weighted by Gasteiger charge is 2.32. The molecule has 0 radical (unpaired) electrons. The van der Waals surface area contributed by atoms with Gasteiger partial charge in [-0.05, 0) is 31.0 Å². The van der Waals surface area contributed by atoms with Crippen LogP contribution in [0, 0.1) is 18.3 Å². The van der Waals surface area contributed by atoms with Gasteiger partial charge in [-0.1, -0.05) is 6.07 Å². The summed E-state index contributed by atoms with van der Waals surface area (Å²) in [6.07, 6.45) is -0.143. The van der Waals surface area contributed by atoms with Crippen molar-refractivity contribution in [1.29, 1.82) is 5.26 Å². The van der Waals surface area contributed by atoms with E-state index >= 15 is 0 Å². The van der Waals surface area contributed by atoms with E-state index in [1.54, 1.807) is 19.1 Å². The van der Waals surface area contributed by atoms with E-state index in [9.17, 15) is 13.5 Å². The molecule has 1 N–H and O–H groups in total. The molecule has 0 saturated carbocycles. The number of nitriles is 1. The fourth-order valence-corrected chi connectivity index (χ4v) is 3.76. The minimum atomic E-state index is -3.61. The minimum absolute atomic E-state index is 0.124. The van der Waals surface area contributed by atoms with Crippen molar-refractivity contribution in [1.82, 2.24) is 4.31 Å². The Kier molecular flexibility index (Phi) is 3.39. The van der Waals surface area contributed by atoms with E-state index in [1.807, 2.05) is 6.07 Å². The first-order chi connectivity index (χ1) is 8.45. The molecular weight excluding hydrogens is 252 g/mol. The van der Waals surface area contributed by atoms with Crippen molar-refractivity contribution in [2.24, 2.45) is 0 Å². The first-order valence-corrected chi connectivity index (χ1v) is 7.08. The Hall–Kier alpha value is -1.42. The molecule has 18 heavy (non-hydrogen) atoms. The van der Waals surface area contributed by atoms with Crippen LogP contribution in [0.15, 0.2) is 23.1 Å². The summed E-state index contributed by atoms with van der Waals surface area (Å²) in [4.78, 5) is 0.149. The van der Waals surface area contributed by atoms with Crippen LogP contribution in [0.4, 0.5) is 0 Å². The summed E-state index contributed by atoms with van der Waals surface area (Å²) in [6.45, 7) is 2.14. The van der Waals surface area contributed by atoms with Crippen molar-refractivity contribution in [2.45, 2.75) is 24.3 Å². The van der Waals surface area contributed by atoms with E-state index in [0.717, 1.165) is 0 Å². The Morgan fingerprint density at radius 1 is 1.50 bits per heavy atom. The number of aliphatic hydroxyl groups is 1.